The third-order valence-electron chi connectivity index (χ3n) is 5.38. The van der Waals surface area contributed by atoms with Crippen LogP contribution in [0.4, 0.5) is 5.69 Å². The van der Waals surface area contributed by atoms with E-state index in [1.807, 2.05) is 24.3 Å². The van der Waals surface area contributed by atoms with Gasteiger partial charge in [-0.1, -0.05) is 36.4 Å². The lowest BCUT2D eigenvalue weighted by Crippen LogP contribution is -2.43. The van der Waals surface area contributed by atoms with Gasteiger partial charge in [-0.2, -0.15) is 8.42 Å². The summed E-state index contributed by atoms with van der Waals surface area (Å²) in [5, 5.41) is 12.2. The van der Waals surface area contributed by atoms with Gasteiger partial charge in [0.2, 0.25) is 5.91 Å². The molecule has 0 saturated carbocycles. The number of furan rings is 1. The number of para-hydroxylation sites is 2. The first-order valence-corrected chi connectivity index (χ1v) is 12.6. The van der Waals surface area contributed by atoms with E-state index in [0.717, 1.165) is 10.8 Å². The van der Waals surface area contributed by atoms with Gasteiger partial charge in [0.1, 0.15) is 11.6 Å². The second-order valence-corrected chi connectivity index (χ2v) is 9.36. The van der Waals surface area contributed by atoms with E-state index < -0.39 is 28.1 Å². The van der Waals surface area contributed by atoms with Gasteiger partial charge < -0.3 is 15.1 Å². The Balaban J connectivity index is 1.49. The lowest BCUT2D eigenvalue weighted by atomic mass is 10.1. The van der Waals surface area contributed by atoms with Crippen LogP contribution in [-0.4, -0.2) is 37.8 Å². The number of hydrogen-bond acceptors (Lipinski definition) is 6. The molecule has 0 saturated heterocycles. The molecule has 182 valence electrons. The predicted molar refractivity (Wildman–Crippen MR) is 133 cm³/mol. The third-order valence-corrected chi connectivity index (χ3v) is 5.99. The second-order valence-electron chi connectivity index (χ2n) is 7.98. The molecule has 2 aromatic heterocycles. The Morgan fingerprint density at radius 1 is 1.00 bits per heavy atom. The Morgan fingerprint density at radius 2 is 1.77 bits per heavy atom. The van der Waals surface area contributed by atoms with E-state index in [0.29, 0.717) is 29.6 Å². The molecule has 0 aliphatic heterocycles. The zero-order chi connectivity index (χ0) is 24.8. The smallest absolute Gasteiger partial charge is 0.287 e. The number of rotatable bonds is 10. The molecule has 5 N–H and O–H groups in total. The predicted octanol–water partition coefficient (Wildman–Crippen LogP) is 2.68. The maximum absolute atomic E-state index is 13.2. The van der Waals surface area contributed by atoms with Crippen molar-refractivity contribution >= 4 is 49.6 Å². The summed E-state index contributed by atoms with van der Waals surface area (Å²) in [5.41, 5.74) is 1.71. The number of benzene rings is 2. The molecule has 0 spiro atoms. The molecule has 11 heteroatoms. The van der Waals surface area contributed by atoms with Gasteiger partial charge in [-0.25, -0.2) is 9.86 Å². The monoisotopic (exact) mass is 495 g/mol. The highest BCUT2D eigenvalue weighted by Crippen LogP contribution is 2.22. The number of nitrogens with one attached hydrogen (secondary N) is 3. The van der Waals surface area contributed by atoms with Crippen LogP contribution in [0.25, 0.3) is 21.9 Å². The summed E-state index contributed by atoms with van der Waals surface area (Å²) >= 11 is 0. The fourth-order valence-corrected chi connectivity index (χ4v) is 4.13. The van der Waals surface area contributed by atoms with Crippen molar-refractivity contribution in [2.75, 3.05) is 11.9 Å². The maximum Gasteiger partial charge on any atom is 0.287 e. The number of nitrogens with zero attached hydrogens (tertiary/aromatic N) is 1. The highest BCUT2D eigenvalue weighted by atomic mass is 32.2. The van der Waals surface area contributed by atoms with Crippen LogP contribution in [0.15, 0.2) is 71.3 Å². The largest absolute Gasteiger partial charge is 0.451 e. The summed E-state index contributed by atoms with van der Waals surface area (Å²) < 4.78 is 29.9. The zero-order valence-corrected chi connectivity index (χ0v) is 19.5. The van der Waals surface area contributed by atoms with Crippen molar-refractivity contribution in [1.82, 2.24) is 15.0 Å². The lowest BCUT2D eigenvalue weighted by Gasteiger charge is -2.18. The second kappa shape index (κ2) is 10.6. The maximum atomic E-state index is 13.2. The number of nitrogens with two attached hydrogens (primary N) is 1. The number of aromatic nitrogens is 1. The fraction of sp³-hybridized carbons (Fsp3) is 0.208. The first kappa shape index (κ1) is 24.3. The van der Waals surface area contributed by atoms with Gasteiger partial charge in [-0.15, -0.1) is 0 Å². The molecule has 10 nitrogen and oxygen atoms in total. The van der Waals surface area contributed by atoms with E-state index in [-0.39, 0.29) is 18.7 Å². The SMILES string of the molecule is NS(=O)(=O)NCCCC[C@H](NC(=O)c1cc2ccccc2o1)C(=O)Nc1cccc2cccnc12. The number of carbonyl (C=O) groups excluding carboxylic acids is 2. The number of fused-ring (bicyclic) bond motifs is 2. The molecule has 2 heterocycles. The van der Waals surface area contributed by atoms with Crippen LogP contribution < -0.4 is 20.5 Å². The van der Waals surface area contributed by atoms with Crippen molar-refractivity contribution < 1.29 is 22.4 Å². The molecule has 0 aliphatic carbocycles. The molecule has 0 bridgehead atoms. The number of amides is 2. The van der Waals surface area contributed by atoms with E-state index in [9.17, 15) is 18.0 Å². The Kier molecular flexibility index (Phi) is 7.39. The minimum Gasteiger partial charge on any atom is -0.451 e. The van der Waals surface area contributed by atoms with Gasteiger partial charge in [0, 0.05) is 23.5 Å². The molecule has 0 radical (unpaired) electrons. The van der Waals surface area contributed by atoms with E-state index in [1.165, 1.54) is 0 Å². The molecule has 0 fully saturated rings. The Hall–Kier alpha value is -3.80. The Morgan fingerprint density at radius 3 is 2.57 bits per heavy atom. The van der Waals surface area contributed by atoms with E-state index in [4.69, 9.17) is 9.56 Å². The van der Waals surface area contributed by atoms with Crippen molar-refractivity contribution in [3.05, 3.63) is 72.6 Å². The van der Waals surface area contributed by atoms with Gasteiger partial charge in [-0.05, 0) is 43.5 Å². The fourth-order valence-electron chi connectivity index (χ4n) is 3.70. The van der Waals surface area contributed by atoms with Crippen molar-refractivity contribution in [1.29, 1.82) is 0 Å². The first-order valence-electron chi connectivity index (χ1n) is 11.0. The summed E-state index contributed by atoms with van der Waals surface area (Å²) in [7, 11) is -3.79. The normalized spacial score (nSPS) is 12.5. The average Bonchev–Trinajstić information content (AvgIpc) is 3.27. The summed E-state index contributed by atoms with van der Waals surface area (Å²) in [4.78, 5) is 30.5. The minimum atomic E-state index is -3.79. The van der Waals surface area contributed by atoms with E-state index in [2.05, 4.69) is 20.3 Å². The minimum absolute atomic E-state index is 0.0896. The standard InChI is InChI=1S/C24H25N5O5S/c25-35(32,33)27-14-4-3-10-19(29-24(31)21-15-17-7-1-2-12-20(17)34-21)23(30)28-18-11-5-8-16-9-6-13-26-22(16)18/h1-2,5-9,11-13,15,19,27H,3-4,10,14H2,(H,28,30)(H,29,31)(H2,25,32,33)/t19-/m0/s1. The van der Waals surface area contributed by atoms with Crippen molar-refractivity contribution in [2.24, 2.45) is 5.14 Å². The van der Waals surface area contributed by atoms with E-state index >= 15 is 0 Å². The van der Waals surface area contributed by atoms with Gasteiger partial charge in [0.05, 0.1) is 11.2 Å². The number of unbranched alkanes of at least 4 members (excludes halogenated alkanes) is 1. The number of hydrogen-bond donors (Lipinski definition) is 4. The van der Waals surface area contributed by atoms with Crippen LogP contribution in [0.5, 0.6) is 0 Å². The topological polar surface area (TPSA) is 156 Å². The van der Waals surface area contributed by atoms with Gasteiger partial charge in [-0.3, -0.25) is 14.6 Å². The van der Waals surface area contributed by atoms with Gasteiger partial charge >= 0.3 is 0 Å². The van der Waals surface area contributed by atoms with Crippen LogP contribution in [0.2, 0.25) is 0 Å². The number of anilines is 1. The Bertz CT molecular complexity index is 1430. The highest BCUT2D eigenvalue weighted by Gasteiger charge is 2.24. The molecule has 0 unspecified atom stereocenters. The number of carbonyl (C=O) groups is 2. The molecule has 4 rings (SSSR count). The van der Waals surface area contributed by atoms with Crippen LogP contribution in [0.1, 0.15) is 29.8 Å². The van der Waals surface area contributed by atoms with Crippen molar-refractivity contribution in [2.45, 2.75) is 25.3 Å². The van der Waals surface area contributed by atoms with Gasteiger partial charge in [0.15, 0.2) is 5.76 Å². The highest BCUT2D eigenvalue weighted by molar-refractivity contribution is 7.87. The molecule has 1 atom stereocenters. The zero-order valence-electron chi connectivity index (χ0n) is 18.7. The van der Waals surface area contributed by atoms with Crippen LogP contribution in [0.3, 0.4) is 0 Å². The summed E-state index contributed by atoms with van der Waals surface area (Å²) in [6.45, 7) is 0.123. The number of pyridine rings is 1. The summed E-state index contributed by atoms with van der Waals surface area (Å²) in [5.74, 6) is -0.862. The molecule has 0 aliphatic rings. The third kappa shape index (κ3) is 6.41. The van der Waals surface area contributed by atoms with E-state index in [1.54, 1.807) is 42.6 Å². The van der Waals surface area contributed by atoms with Crippen LogP contribution in [-0.2, 0) is 15.0 Å². The molecule has 35 heavy (non-hydrogen) atoms. The first-order chi connectivity index (χ1) is 16.8. The lowest BCUT2D eigenvalue weighted by molar-refractivity contribution is -0.118. The molecule has 4 aromatic rings. The Labute approximate surface area is 202 Å². The van der Waals surface area contributed by atoms with Crippen molar-refractivity contribution in [3.8, 4) is 0 Å². The summed E-state index contributed by atoms with van der Waals surface area (Å²) in [6.07, 6.45) is 2.78. The van der Waals surface area contributed by atoms with Crippen LogP contribution >= 0.6 is 0 Å². The molecule has 2 aromatic carbocycles. The average molecular weight is 496 g/mol. The quantitative estimate of drug-likeness (QED) is 0.248. The molecule has 2 amide bonds. The molecular formula is C24H25N5O5S. The van der Waals surface area contributed by atoms with Crippen LogP contribution in [0, 0.1) is 0 Å². The van der Waals surface area contributed by atoms with Gasteiger partial charge in [0.25, 0.3) is 16.1 Å². The molecular weight excluding hydrogens is 470 g/mol. The van der Waals surface area contributed by atoms with Crippen molar-refractivity contribution in [3.63, 3.8) is 0 Å². The summed E-state index contributed by atoms with van der Waals surface area (Å²) in [6, 6.07) is 17.1.